The van der Waals surface area contributed by atoms with Gasteiger partial charge in [-0.2, -0.15) is 23.4 Å². The molecule has 0 aliphatic rings. The van der Waals surface area contributed by atoms with Crippen LogP contribution < -0.4 is 10.6 Å². The third-order valence-electron chi connectivity index (χ3n) is 5.40. The van der Waals surface area contributed by atoms with E-state index in [0.717, 1.165) is 0 Å². The minimum absolute atomic E-state index is 0.0398. The second-order valence-corrected chi connectivity index (χ2v) is 11.8. The van der Waals surface area contributed by atoms with Gasteiger partial charge in [0, 0.05) is 17.4 Å². The first-order chi connectivity index (χ1) is 19.4. The molecule has 212 valence electrons. The molecule has 0 aliphatic heterocycles. The first-order valence-corrected chi connectivity index (χ1v) is 14.9. The number of aromatic hydroxyl groups is 1. The van der Waals surface area contributed by atoms with E-state index in [4.69, 9.17) is 16.2 Å². The van der Waals surface area contributed by atoms with Gasteiger partial charge in [-0.25, -0.2) is 12.6 Å². The fraction of sp³-hybridized carbons (Fsp3) is 0.0870. The summed E-state index contributed by atoms with van der Waals surface area (Å²) >= 11 is 6.06. The van der Waals surface area contributed by atoms with Crippen molar-refractivity contribution in [2.24, 2.45) is 0 Å². The SMILES string of the molecule is O=S(=O)(O)OCCS(=O)(=O)c1ccc(Nc2nc(Cl)nc(Nc3ccc(-n4nc5ccccc5n4)c(O)c3)n2)cc1. The number of rotatable bonds is 10. The number of aromatic nitrogens is 6. The Bertz CT molecular complexity index is 1920. The van der Waals surface area contributed by atoms with Crippen molar-refractivity contribution in [3.63, 3.8) is 0 Å². The van der Waals surface area contributed by atoms with E-state index < -0.39 is 32.6 Å². The zero-order valence-electron chi connectivity index (χ0n) is 20.6. The van der Waals surface area contributed by atoms with Gasteiger partial charge in [-0.3, -0.25) is 4.55 Å². The predicted molar refractivity (Wildman–Crippen MR) is 148 cm³/mol. The lowest BCUT2D eigenvalue weighted by molar-refractivity contribution is 0.284. The van der Waals surface area contributed by atoms with Crippen molar-refractivity contribution in [2.45, 2.75) is 4.90 Å². The lowest BCUT2D eigenvalue weighted by atomic mass is 10.2. The minimum Gasteiger partial charge on any atom is -0.506 e. The van der Waals surface area contributed by atoms with Crippen LogP contribution in [-0.2, 0) is 24.4 Å². The third-order valence-corrected chi connectivity index (χ3v) is 7.72. The molecule has 2 aromatic heterocycles. The highest BCUT2D eigenvalue weighted by Gasteiger charge is 2.17. The van der Waals surface area contributed by atoms with Crippen molar-refractivity contribution < 1.29 is 30.7 Å². The average molecular weight is 619 g/mol. The molecule has 0 saturated heterocycles. The van der Waals surface area contributed by atoms with Crippen LogP contribution in [0.4, 0.5) is 23.3 Å². The molecule has 5 rings (SSSR count). The van der Waals surface area contributed by atoms with Crippen molar-refractivity contribution in [1.82, 2.24) is 29.9 Å². The maximum atomic E-state index is 12.4. The summed E-state index contributed by atoms with van der Waals surface area (Å²) in [6.07, 6.45) is 0. The molecule has 2 heterocycles. The second-order valence-electron chi connectivity index (χ2n) is 8.28. The Hall–Kier alpha value is -4.42. The van der Waals surface area contributed by atoms with E-state index in [1.54, 1.807) is 12.1 Å². The molecule has 0 saturated carbocycles. The number of benzene rings is 3. The number of hydrogen-bond acceptors (Lipinski definition) is 13. The van der Waals surface area contributed by atoms with Crippen molar-refractivity contribution >= 4 is 66.1 Å². The van der Waals surface area contributed by atoms with Crippen LogP contribution in [0.3, 0.4) is 0 Å². The summed E-state index contributed by atoms with van der Waals surface area (Å²) in [7, 11) is -8.63. The smallest absolute Gasteiger partial charge is 0.397 e. The highest BCUT2D eigenvalue weighted by Crippen LogP contribution is 2.27. The van der Waals surface area contributed by atoms with Crippen LogP contribution in [0, 0.1) is 0 Å². The van der Waals surface area contributed by atoms with Crippen molar-refractivity contribution in [1.29, 1.82) is 0 Å². The number of sulfone groups is 1. The number of halogens is 1. The number of phenols is 1. The van der Waals surface area contributed by atoms with Crippen LogP contribution in [0.5, 0.6) is 5.75 Å². The van der Waals surface area contributed by atoms with Crippen LogP contribution in [0.1, 0.15) is 0 Å². The summed E-state index contributed by atoms with van der Waals surface area (Å²) in [4.78, 5) is 13.5. The average Bonchev–Trinajstić information content (AvgIpc) is 3.32. The van der Waals surface area contributed by atoms with Gasteiger partial charge in [-0.1, -0.05) is 12.1 Å². The van der Waals surface area contributed by atoms with E-state index in [2.05, 4.69) is 40.0 Å². The lowest BCUT2D eigenvalue weighted by Gasteiger charge is -2.10. The van der Waals surface area contributed by atoms with E-state index in [1.165, 1.54) is 35.1 Å². The van der Waals surface area contributed by atoms with Gasteiger partial charge in [-0.05, 0) is 60.1 Å². The highest BCUT2D eigenvalue weighted by atomic mass is 35.5. The number of anilines is 4. The molecule has 0 amide bonds. The molecule has 0 spiro atoms. The van der Waals surface area contributed by atoms with Crippen molar-refractivity contribution in [2.75, 3.05) is 23.0 Å². The normalized spacial score (nSPS) is 12.0. The van der Waals surface area contributed by atoms with Gasteiger partial charge in [0.25, 0.3) is 0 Å². The molecular weight excluding hydrogens is 600 g/mol. The molecule has 5 aromatic rings. The fourth-order valence-electron chi connectivity index (χ4n) is 3.57. The topological polar surface area (TPSA) is 211 Å². The van der Waals surface area contributed by atoms with Crippen LogP contribution in [0.25, 0.3) is 16.7 Å². The molecule has 18 heteroatoms. The zero-order valence-corrected chi connectivity index (χ0v) is 23.0. The van der Waals surface area contributed by atoms with Crippen LogP contribution in [0.2, 0.25) is 5.28 Å². The van der Waals surface area contributed by atoms with Crippen molar-refractivity contribution in [3.05, 3.63) is 72.0 Å². The zero-order chi connectivity index (χ0) is 29.2. The maximum absolute atomic E-state index is 12.4. The molecule has 0 aliphatic carbocycles. The Labute approximate surface area is 237 Å². The summed E-state index contributed by atoms with van der Waals surface area (Å²) in [6.45, 7) is -0.738. The quantitative estimate of drug-likeness (QED) is 0.166. The van der Waals surface area contributed by atoms with E-state index in [-0.39, 0.29) is 27.8 Å². The summed E-state index contributed by atoms with van der Waals surface area (Å²) < 4.78 is 58.6. The third kappa shape index (κ3) is 7.02. The second kappa shape index (κ2) is 11.2. The molecule has 4 N–H and O–H groups in total. The Morgan fingerprint density at radius 1 is 0.829 bits per heavy atom. The molecule has 0 radical (unpaired) electrons. The number of fused-ring (bicyclic) bond motifs is 1. The van der Waals surface area contributed by atoms with Gasteiger partial charge >= 0.3 is 10.4 Å². The predicted octanol–water partition coefficient (Wildman–Crippen LogP) is 3.04. The van der Waals surface area contributed by atoms with Gasteiger partial charge in [0.05, 0.1) is 17.3 Å². The maximum Gasteiger partial charge on any atom is 0.397 e. The molecule has 15 nitrogen and oxygen atoms in total. The minimum atomic E-state index is -4.75. The number of phenolic OH excluding ortho intramolecular Hbond substituents is 1. The van der Waals surface area contributed by atoms with Gasteiger partial charge in [0.2, 0.25) is 17.2 Å². The number of hydrogen-bond donors (Lipinski definition) is 4. The standard InChI is InChI=1S/C23H19ClN8O7S2/c24-21-27-22(25-14-5-8-16(9-6-14)40(34,35)12-11-39-41(36,37)38)29-23(28-21)26-15-7-10-19(20(33)13-15)32-30-17-3-1-2-4-18(17)31-32/h1-10,13,33H,11-12H2,(H,36,37,38)(H2,25,26,27,28,29). The van der Waals surface area contributed by atoms with E-state index >= 15 is 0 Å². The van der Waals surface area contributed by atoms with Gasteiger partial charge in [0.15, 0.2) is 9.84 Å². The van der Waals surface area contributed by atoms with Crippen LogP contribution in [0.15, 0.2) is 71.6 Å². The summed E-state index contributed by atoms with van der Waals surface area (Å²) in [6, 6.07) is 17.5. The van der Waals surface area contributed by atoms with Gasteiger partial charge < -0.3 is 15.7 Å². The van der Waals surface area contributed by atoms with E-state index in [9.17, 15) is 21.9 Å². The summed E-state index contributed by atoms with van der Waals surface area (Å²) in [5.41, 5.74) is 2.56. The molecular formula is C23H19ClN8O7S2. The van der Waals surface area contributed by atoms with Crippen molar-refractivity contribution in [3.8, 4) is 11.4 Å². The fourth-order valence-corrected chi connectivity index (χ4v) is 5.22. The lowest BCUT2D eigenvalue weighted by Crippen LogP contribution is -2.15. The Balaban J connectivity index is 1.28. The van der Waals surface area contributed by atoms with Crippen LogP contribution >= 0.6 is 11.6 Å². The molecule has 0 fully saturated rings. The Kier molecular flexibility index (Phi) is 7.70. The number of nitrogens with zero attached hydrogens (tertiary/aromatic N) is 6. The molecule has 0 atom stereocenters. The van der Waals surface area contributed by atoms with E-state index in [1.807, 2.05) is 24.3 Å². The van der Waals surface area contributed by atoms with Gasteiger partial charge in [0.1, 0.15) is 22.5 Å². The molecule has 0 unspecified atom stereocenters. The monoisotopic (exact) mass is 618 g/mol. The van der Waals surface area contributed by atoms with E-state index in [0.29, 0.717) is 28.1 Å². The Morgan fingerprint density at radius 3 is 2.00 bits per heavy atom. The van der Waals surface area contributed by atoms with Gasteiger partial charge in [-0.15, -0.1) is 15.0 Å². The first kappa shape index (κ1) is 28.1. The summed E-state index contributed by atoms with van der Waals surface area (Å²) in [5.74, 6) is -0.671. The molecule has 41 heavy (non-hydrogen) atoms. The molecule has 0 bridgehead atoms. The summed E-state index contributed by atoms with van der Waals surface area (Å²) in [5, 5.41) is 25.0. The van der Waals surface area contributed by atoms with Crippen LogP contribution in [-0.4, -0.2) is 68.8 Å². The number of nitrogens with one attached hydrogen (secondary N) is 2. The molecule has 3 aromatic carbocycles. The Morgan fingerprint density at radius 2 is 1.41 bits per heavy atom. The first-order valence-electron chi connectivity index (χ1n) is 11.5. The highest BCUT2D eigenvalue weighted by molar-refractivity contribution is 7.91. The largest absolute Gasteiger partial charge is 0.506 e.